The van der Waals surface area contributed by atoms with Gasteiger partial charge in [0.25, 0.3) is 0 Å². The zero-order valence-corrected chi connectivity index (χ0v) is 12.3. The van der Waals surface area contributed by atoms with Gasteiger partial charge in [-0.1, -0.05) is 12.8 Å². The zero-order valence-electron chi connectivity index (χ0n) is 12.3. The molecule has 20 heavy (non-hydrogen) atoms. The third kappa shape index (κ3) is 2.93. The highest BCUT2D eigenvalue weighted by Gasteiger charge is 2.17. The molecule has 0 bridgehead atoms. The van der Waals surface area contributed by atoms with Gasteiger partial charge in [0.1, 0.15) is 0 Å². The second-order valence-electron chi connectivity index (χ2n) is 5.74. The highest BCUT2D eigenvalue weighted by Crippen LogP contribution is 2.28. The van der Waals surface area contributed by atoms with Gasteiger partial charge in [0, 0.05) is 32.0 Å². The van der Waals surface area contributed by atoms with Crippen LogP contribution in [0.25, 0.3) is 0 Å². The number of nitrogens with zero attached hydrogens (tertiary/aromatic N) is 4. The van der Waals surface area contributed by atoms with Crippen molar-refractivity contribution in [3.05, 3.63) is 35.9 Å². The van der Waals surface area contributed by atoms with Gasteiger partial charge in [0.15, 0.2) is 0 Å². The van der Waals surface area contributed by atoms with E-state index in [4.69, 9.17) is 5.10 Å². The molecule has 3 rings (SSSR count). The molecule has 1 N–H and O–H groups in total. The lowest BCUT2D eigenvalue weighted by molar-refractivity contribution is 0.457. The Morgan fingerprint density at radius 2 is 2.05 bits per heavy atom. The van der Waals surface area contributed by atoms with Crippen LogP contribution in [0.5, 0.6) is 0 Å². The van der Waals surface area contributed by atoms with Gasteiger partial charge in [0.2, 0.25) is 0 Å². The van der Waals surface area contributed by atoms with Crippen LogP contribution in [0, 0.1) is 0 Å². The van der Waals surface area contributed by atoms with Crippen molar-refractivity contribution in [2.24, 2.45) is 7.05 Å². The van der Waals surface area contributed by atoms with Gasteiger partial charge in [-0.15, -0.1) is 0 Å². The summed E-state index contributed by atoms with van der Waals surface area (Å²) in [6, 6.07) is 5.04. The zero-order chi connectivity index (χ0) is 13.9. The van der Waals surface area contributed by atoms with Crippen LogP contribution in [0.15, 0.2) is 24.5 Å². The van der Waals surface area contributed by atoms with Crippen molar-refractivity contribution in [1.82, 2.24) is 24.9 Å². The molecular formula is C15H23N5. The van der Waals surface area contributed by atoms with Gasteiger partial charge in [-0.2, -0.15) is 10.2 Å². The predicted molar refractivity (Wildman–Crippen MR) is 78.2 cm³/mol. The maximum absolute atomic E-state index is 4.69. The van der Waals surface area contributed by atoms with Crippen LogP contribution in [-0.2, 0) is 13.6 Å². The lowest BCUT2D eigenvalue weighted by Gasteiger charge is -2.11. The molecular weight excluding hydrogens is 250 g/mol. The summed E-state index contributed by atoms with van der Waals surface area (Å²) in [4.78, 5) is 0. The Bertz CT molecular complexity index is 550. The molecule has 0 spiro atoms. The number of nitrogens with one attached hydrogen (secondary N) is 1. The Morgan fingerprint density at radius 1 is 1.25 bits per heavy atom. The maximum Gasteiger partial charge on any atom is 0.0791 e. The van der Waals surface area contributed by atoms with Gasteiger partial charge >= 0.3 is 0 Å². The Kier molecular flexibility index (Phi) is 3.87. The van der Waals surface area contributed by atoms with Gasteiger partial charge in [0.05, 0.1) is 17.4 Å². The first kappa shape index (κ1) is 13.4. The molecule has 1 atom stereocenters. The van der Waals surface area contributed by atoms with Gasteiger partial charge in [-0.3, -0.25) is 9.36 Å². The molecule has 1 unspecified atom stereocenters. The molecule has 0 aliphatic heterocycles. The van der Waals surface area contributed by atoms with E-state index in [2.05, 4.69) is 40.4 Å². The first-order valence-electron chi connectivity index (χ1n) is 7.49. The van der Waals surface area contributed by atoms with E-state index < -0.39 is 0 Å². The lowest BCUT2D eigenvalue weighted by atomic mass is 10.2. The number of aromatic nitrogens is 4. The highest BCUT2D eigenvalue weighted by molar-refractivity contribution is 5.06. The van der Waals surface area contributed by atoms with Crippen LogP contribution < -0.4 is 5.32 Å². The summed E-state index contributed by atoms with van der Waals surface area (Å²) in [6.45, 7) is 2.92. The van der Waals surface area contributed by atoms with Crippen molar-refractivity contribution in [1.29, 1.82) is 0 Å². The Balaban J connectivity index is 1.55. The largest absolute Gasteiger partial charge is 0.303 e. The van der Waals surface area contributed by atoms with E-state index in [9.17, 15) is 0 Å². The molecule has 0 saturated heterocycles. The van der Waals surface area contributed by atoms with Crippen LogP contribution in [0.3, 0.4) is 0 Å². The second-order valence-corrected chi connectivity index (χ2v) is 5.74. The van der Waals surface area contributed by atoms with Gasteiger partial charge in [-0.25, -0.2) is 0 Å². The van der Waals surface area contributed by atoms with Crippen LogP contribution in [0.2, 0.25) is 0 Å². The molecule has 1 aliphatic carbocycles. The number of aryl methyl sites for hydroxylation is 1. The summed E-state index contributed by atoms with van der Waals surface area (Å²) in [7, 11) is 1.94. The van der Waals surface area contributed by atoms with Crippen molar-refractivity contribution < 1.29 is 0 Å². The third-order valence-electron chi connectivity index (χ3n) is 4.13. The van der Waals surface area contributed by atoms with Crippen LogP contribution in [0.4, 0.5) is 0 Å². The van der Waals surface area contributed by atoms with Crippen molar-refractivity contribution in [3.63, 3.8) is 0 Å². The smallest absolute Gasteiger partial charge is 0.0791 e. The molecule has 0 radical (unpaired) electrons. The number of hydrogen-bond acceptors (Lipinski definition) is 3. The molecule has 108 valence electrons. The average molecular weight is 273 g/mol. The fourth-order valence-electron chi connectivity index (χ4n) is 2.87. The molecule has 1 saturated carbocycles. The van der Waals surface area contributed by atoms with Crippen molar-refractivity contribution in [2.75, 3.05) is 0 Å². The normalized spacial score (nSPS) is 17.7. The minimum atomic E-state index is 0.243. The third-order valence-corrected chi connectivity index (χ3v) is 4.13. The molecule has 5 nitrogen and oxygen atoms in total. The first-order chi connectivity index (χ1) is 9.72. The fourth-order valence-corrected chi connectivity index (χ4v) is 2.87. The van der Waals surface area contributed by atoms with E-state index in [1.807, 2.05) is 17.9 Å². The molecule has 1 fully saturated rings. The standard InChI is InChI=1S/C15H23N5/c1-12(15-8-9-19(2)18-15)16-11-13-7-10-20(17-13)14-5-3-4-6-14/h7-10,12,14,16H,3-6,11H2,1-2H3. The second kappa shape index (κ2) is 5.79. The van der Waals surface area contributed by atoms with Crippen molar-refractivity contribution >= 4 is 0 Å². The first-order valence-corrected chi connectivity index (χ1v) is 7.49. The molecule has 5 heteroatoms. The van der Waals surface area contributed by atoms with Gasteiger partial charge in [-0.05, 0) is 31.9 Å². The SMILES string of the molecule is CC(NCc1ccn(C2CCCC2)n1)c1ccn(C)n1. The van der Waals surface area contributed by atoms with E-state index in [1.54, 1.807) is 0 Å². The van der Waals surface area contributed by atoms with E-state index in [0.717, 1.165) is 17.9 Å². The van der Waals surface area contributed by atoms with Gasteiger partial charge < -0.3 is 5.32 Å². The summed E-state index contributed by atoms with van der Waals surface area (Å²) in [5, 5.41) is 12.6. The van der Waals surface area contributed by atoms with Crippen molar-refractivity contribution in [2.45, 2.75) is 51.2 Å². The maximum atomic E-state index is 4.69. The quantitative estimate of drug-likeness (QED) is 0.911. The average Bonchev–Trinajstić information content (AvgIpc) is 3.16. The minimum Gasteiger partial charge on any atom is -0.303 e. The Labute approximate surface area is 120 Å². The summed E-state index contributed by atoms with van der Waals surface area (Å²) in [5.41, 5.74) is 2.18. The predicted octanol–water partition coefficient (Wildman–Crippen LogP) is 2.58. The molecule has 1 aliphatic rings. The fraction of sp³-hybridized carbons (Fsp3) is 0.600. The van der Waals surface area contributed by atoms with Crippen LogP contribution >= 0.6 is 0 Å². The summed E-state index contributed by atoms with van der Waals surface area (Å²) >= 11 is 0. The molecule has 2 aromatic rings. The summed E-state index contributed by atoms with van der Waals surface area (Å²) in [5.74, 6) is 0. The molecule has 2 heterocycles. The monoisotopic (exact) mass is 273 g/mol. The lowest BCUT2D eigenvalue weighted by Crippen LogP contribution is -2.19. The number of rotatable bonds is 5. The molecule has 0 aromatic carbocycles. The van der Waals surface area contributed by atoms with E-state index in [0.29, 0.717) is 6.04 Å². The van der Waals surface area contributed by atoms with Crippen molar-refractivity contribution in [3.8, 4) is 0 Å². The Hall–Kier alpha value is -1.62. The van der Waals surface area contributed by atoms with E-state index >= 15 is 0 Å². The number of hydrogen-bond donors (Lipinski definition) is 1. The molecule has 0 amide bonds. The van der Waals surface area contributed by atoms with E-state index in [1.165, 1.54) is 25.7 Å². The highest BCUT2D eigenvalue weighted by atomic mass is 15.3. The summed E-state index contributed by atoms with van der Waals surface area (Å²) < 4.78 is 3.98. The van der Waals surface area contributed by atoms with Crippen LogP contribution in [-0.4, -0.2) is 19.6 Å². The molecule has 2 aromatic heterocycles. The topological polar surface area (TPSA) is 47.7 Å². The minimum absolute atomic E-state index is 0.243. The van der Waals surface area contributed by atoms with E-state index in [-0.39, 0.29) is 6.04 Å². The summed E-state index contributed by atoms with van der Waals surface area (Å²) in [6.07, 6.45) is 9.34. The Morgan fingerprint density at radius 3 is 2.75 bits per heavy atom. The van der Waals surface area contributed by atoms with Crippen LogP contribution in [0.1, 0.15) is 56.1 Å².